The second-order valence-electron chi connectivity index (χ2n) is 4.54. The van der Waals surface area contributed by atoms with E-state index in [4.69, 9.17) is 5.84 Å². The van der Waals surface area contributed by atoms with Gasteiger partial charge in [-0.05, 0) is 30.7 Å². The zero-order chi connectivity index (χ0) is 15.6. The number of alkyl halides is 3. The molecule has 1 atom stereocenters. The maximum absolute atomic E-state index is 12.8. The Balaban J connectivity index is 2.33. The first-order valence-corrected chi connectivity index (χ1v) is 7.72. The van der Waals surface area contributed by atoms with Crippen LogP contribution in [-0.4, -0.2) is 4.98 Å². The molecule has 0 fully saturated rings. The Kier molecular flexibility index (Phi) is 5.03. The molecule has 0 radical (unpaired) electrons. The molecule has 1 aromatic heterocycles. The molecule has 114 valence electrons. The molecule has 21 heavy (non-hydrogen) atoms. The van der Waals surface area contributed by atoms with E-state index in [1.54, 1.807) is 0 Å². The van der Waals surface area contributed by atoms with Crippen LogP contribution in [0.4, 0.5) is 13.2 Å². The number of benzene rings is 1. The van der Waals surface area contributed by atoms with Gasteiger partial charge in [0.1, 0.15) is 0 Å². The van der Waals surface area contributed by atoms with Crippen LogP contribution in [0, 0.1) is 6.92 Å². The molecule has 1 heterocycles. The Morgan fingerprint density at radius 3 is 2.67 bits per heavy atom. The molecule has 0 bridgehead atoms. The van der Waals surface area contributed by atoms with E-state index in [2.05, 4.69) is 26.3 Å². The van der Waals surface area contributed by atoms with E-state index >= 15 is 0 Å². The van der Waals surface area contributed by atoms with Crippen LogP contribution in [0.25, 0.3) is 0 Å². The largest absolute Gasteiger partial charge is 0.416 e. The number of hydrazine groups is 1. The summed E-state index contributed by atoms with van der Waals surface area (Å²) >= 11 is 4.74. The van der Waals surface area contributed by atoms with E-state index in [1.165, 1.54) is 17.4 Å². The Bertz CT molecular complexity index is 627. The molecule has 0 aliphatic heterocycles. The third-order valence-corrected chi connectivity index (χ3v) is 4.66. The number of thiazole rings is 1. The lowest BCUT2D eigenvalue weighted by molar-refractivity contribution is -0.137. The second-order valence-corrected chi connectivity index (χ2v) is 6.34. The summed E-state index contributed by atoms with van der Waals surface area (Å²) in [5, 5.41) is 2.71. The summed E-state index contributed by atoms with van der Waals surface area (Å²) in [6, 6.07) is 3.08. The summed E-state index contributed by atoms with van der Waals surface area (Å²) in [5.74, 6) is 5.51. The summed E-state index contributed by atoms with van der Waals surface area (Å²) < 4.78 is 39.0. The first kappa shape index (κ1) is 16.4. The Morgan fingerprint density at radius 1 is 1.43 bits per heavy atom. The first-order valence-electron chi connectivity index (χ1n) is 6.05. The minimum atomic E-state index is -4.38. The minimum absolute atomic E-state index is 0.426. The maximum atomic E-state index is 12.8. The third kappa shape index (κ3) is 4.03. The van der Waals surface area contributed by atoms with Gasteiger partial charge in [-0.15, -0.1) is 11.3 Å². The lowest BCUT2D eigenvalue weighted by Gasteiger charge is -2.18. The number of aromatic nitrogens is 1. The van der Waals surface area contributed by atoms with Gasteiger partial charge in [0.15, 0.2) is 0 Å². The number of nitrogens with zero attached hydrogens (tertiary/aromatic N) is 1. The van der Waals surface area contributed by atoms with E-state index < -0.39 is 17.8 Å². The molecule has 1 aromatic carbocycles. The van der Waals surface area contributed by atoms with Crippen LogP contribution in [0.15, 0.2) is 28.1 Å². The molecule has 3 nitrogen and oxygen atoms in total. The minimum Gasteiger partial charge on any atom is -0.271 e. The van der Waals surface area contributed by atoms with Crippen LogP contribution < -0.4 is 11.3 Å². The topological polar surface area (TPSA) is 50.9 Å². The highest BCUT2D eigenvalue weighted by Crippen LogP contribution is 2.34. The van der Waals surface area contributed by atoms with Gasteiger partial charge in [0, 0.05) is 22.0 Å². The quantitative estimate of drug-likeness (QED) is 0.623. The van der Waals surface area contributed by atoms with Gasteiger partial charge in [-0.25, -0.2) is 4.98 Å². The number of hydrogen-bond acceptors (Lipinski definition) is 4. The number of rotatable bonds is 4. The standard InChI is InChI=1S/C13H13BrF3N3S/c1-7-6-21-12(19-7)5-11(20-18)9-4-8(13(15,16)17)2-3-10(9)14/h2-4,6,11,20H,5,18H2,1H3. The average Bonchev–Trinajstić information content (AvgIpc) is 2.81. The molecular formula is C13H13BrF3N3S. The van der Waals surface area contributed by atoms with Crippen LogP contribution in [-0.2, 0) is 12.6 Å². The van der Waals surface area contributed by atoms with Crippen molar-refractivity contribution in [1.29, 1.82) is 0 Å². The third-order valence-electron chi connectivity index (χ3n) is 2.95. The Labute approximate surface area is 132 Å². The fraction of sp³-hybridized carbons (Fsp3) is 0.308. The number of hydrogen-bond donors (Lipinski definition) is 2. The van der Waals surface area contributed by atoms with Crippen molar-refractivity contribution in [2.24, 2.45) is 5.84 Å². The molecule has 0 saturated heterocycles. The van der Waals surface area contributed by atoms with Crippen molar-refractivity contribution in [3.63, 3.8) is 0 Å². The van der Waals surface area contributed by atoms with Crippen molar-refractivity contribution in [2.45, 2.75) is 25.6 Å². The van der Waals surface area contributed by atoms with E-state index in [-0.39, 0.29) is 0 Å². The Hall–Kier alpha value is -0.960. The summed E-state index contributed by atoms with van der Waals surface area (Å²) in [7, 11) is 0. The van der Waals surface area contributed by atoms with Crippen LogP contribution in [0.1, 0.15) is 27.9 Å². The molecule has 2 aromatic rings. The summed E-state index contributed by atoms with van der Waals surface area (Å²) in [5.41, 5.74) is 3.21. The predicted octanol–water partition coefficient (Wildman–Crippen LogP) is 3.98. The number of halogens is 4. The van der Waals surface area contributed by atoms with Crippen LogP contribution in [0.5, 0.6) is 0 Å². The fourth-order valence-corrected chi connectivity index (χ4v) is 3.26. The highest BCUT2D eigenvalue weighted by Gasteiger charge is 2.31. The van der Waals surface area contributed by atoms with Gasteiger partial charge in [-0.2, -0.15) is 13.2 Å². The van der Waals surface area contributed by atoms with Gasteiger partial charge in [-0.3, -0.25) is 11.3 Å². The molecule has 8 heteroatoms. The van der Waals surface area contributed by atoms with Gasteiger partial charge in [0.05, 0.1) is 16.6 Å². The van der Waals surface area contributed by atoms with Crippen molar-refractivity contribution in [3.05, 3.63) is 49.9 Å². The fourth-order valence-electron chi connectivity index (χ4n) is 1.92. The van der Waals surface area contributed by atoms with Gasteiger partial charge in [0.2, 0.25) is 0 Å². The van der Waals surface area contributed by atoms with Crippen molar-refractivity contribution >= 4 is 27.3 Å². The van der Waals surface area contributed by atoms with Gasteiger partial charge >= 0.3 is 6.18 Å². The molecule has 1 unspecified atom stereocenters. The van der Waals surface area contributed by atoms with Crippen LogP contribution in [0.3, 0.4) is 0 Å². The molecule has 0 saturated carbocycles. The zero-order valence-corrected chi connectivity index (χ0v) is 13.4. The van der Waals surface area contributed by atoms with E-state index in [1.807, 2.05) is 12.3 Å². The normalized spacial score (nSPS) is 13.4. The van der Waals surface area contributed by atoms with Gasteiger partial charge in [-0.1, -0.05) is 15.9 Å². The summed E-state index contributed by atoms with van der Waals surface area (Å²) in [6.45, 7) is 1.87. The molecule has 0 amide bonds. The van der Waals surface area contributed by atoms with E-state index in [0.717, 1.165) is 22.8 Å². The van der Waals surface area contributed by atoms with Crippen molar-refractivity contribution < 1.29 is 13.2 Å². The lowest BCUT2D eigenvalue weighted by Crippen LogP contribution is -2.30. The molecule has 2 rings (SSSR count). The van der Waals surface area contributed by atoms with Crippen molar-refractivity contribution in [1.82, 2.24) is 10.4 Å². The monoisotopic (exact) mass is 379 g/mol. The number of nitrogens with two attached hydrogens (primary N) is 1. The molecule has 0 aliphatic rings. The van der Waals surface area contributed by atoms with E-state index in [9.17, 15) is 13.2 Å². The maximum Gasteiger partial charge on any atom is 0.416 e. The average molecular weight is 380 g/mol. The van der Waals surface area contributed by atoms with E-state index in [0.29, 0.717) is 16.5 Å². The number of nitrogens with one attached hydrogen (secondary N) is 1. The molecule has 0 spiro atoms. The molecule has 3 N–H and O–H groups in total. The van der Waals surface area contributed by atoms with Gasteiger partial charge in [0.25, 0.3) is 0 Å². The SMILES string of the molecule is Cc1csc(CC(NN)c2cc(C(F)(F)F)ccc2Br)n1. The molecule has 0 aliphatic carbocycles. The first-order chi connectivity index (χ1) is 9.81. The van der Waals surface area contributed by atoms with Crippen LogP contribution >= 0.6 is 27.3 Å². The lowest BCUT2D eigenvalue weighted by atomic mass is 10.0. The van der Waals surface area contributed by atoms with Crippen molar-refractivity contribution in [3.8, 4) is 0 Å². The smallest absolute Gasteiger partial charge is 0.271 e. The number of aryl methyl sites for hydroxylation is 1. The Morgan fingerprint density at radius 2 is 2.14 bits per heavy atom. The van der Waals surface area contributed by atoms with Crippen LogP contribution in [0.2, 0.25) is 0 Å². The molecular weight excluding hydrogens is 367 g/mol. The highest BCUT2D eigenvalue weighted by molar-refractivity contribution is 9.10. The zero-order valence-electron chi connectivity index (χ0n) is 11.0. The predicted molar refractivity (Wildman–Crippen MR) is 79.8 cm³/mol. The summed E-state index contributed by atoms with van der Waals surface area (Å²) in [4.78, 5) is 4.31. The van der Waals surface area contributed by atoms with Crippen molar-refractivity contribution in [2.75, 3.05) is 0 Å². The second kappa shape index (κ2) is 6.43. The van der Waals surface area contributed by atoms with Gasteiger partial charge < -0.3 is 0 Å². The highest BCUT2D eigenvalue weighted by atomic mass is 79.9. The summed E-state index contributed by atoms with van der Waals surface area (Å²) in [6.07, 6.45) is -3.96.